The number of carbonyl (C=O) groups is 2. The molecule has 0 saturated carbocycles. The fourth-order valence-electron chi connectivity index (χ4n) is 3.30. The first-order chi connectivity index (χ1) is 14.0. The summed E-state index contributed by atoms with van der Waals surface area (Å²) in [5.41, 5.74) is 4.06. The molecule has 0 spiro atoms. The van der Waals surface area contributed by atoms with E-state index < -0.39 is 0 Å². The molecule has 1 amide bonds. The van der Waals surface area contributed by atoms with Crippen molar-refractivity contribution in [2.24, 2.45) is 7.05 Å². The molecule has 0 atom stereocenters. The third-order valence-electron chi connectivity index (χ3n) is 4.61. The van der Waals surface area contributed by atoms with Crippen molar-refractivity contribution in [3.8, 4) is 0 Å². The SMILES string of the molecule is Cc1cccc(CC(=O)Nc2cncc(C(=O)c3cn(C)c4ncncc34)c2)c1. The van der Waals surface area contributed by atoms with Gasteiger partial charge >= 0.3 is 0 Å². The van der Waals surface area contributed by atoms with E-state index in [1.54, 1.807) is 23.0 Å². The van der Waals surface area contributed by atoms with Crippen molar-refractivity contribution in [1.82, 2.24) is 19.5 Å². The van der Waals surface area contributed by atoms with Gasteiger partial charge in [0.2, 0.25) is 5.91 Å². The second-order valence-electron chi connectivity index (χ2n) is 6.92. The van der Waals surface area contributed by atoms with E-state index in [4.69, 9.17) is 0 Å². The molecule has 7 nitrogen and oxygen atoms in total. The molecule has 29 heavy (non-hydrogen) atoms. The number of amides is 1. The van der Waals surface area contributed by atoms with Crippen LogP contribution < -0.4 is 5.32 Å². The number of pyridine rings is 1. The smallest absolute Gasteiger partial charge is 0.228 e. The lowest BCUT2D eigenvalue weighted by atomic mass is 10.1. The van der Waals surface area contributed by atoms with Crippen LogP contribution in [-0.4, -0.2) is 31.2 Å². The topological polar surface area (TPSA) is 89.8 Å². The van der Waals surface area contributed by atoms with E-state index in [1.165, 1.54) is 18.7 Å². The van der Waals surface area contributed by atoms with Crippen molar-refractivity contribution < 1.29 is 9.59 Å². The summed E-state index contributed by atoms with van der Waals surface area (Å²) in [6.45, 7) is 1.98. The number of aryl methyl sites for hydroxylation is 2. The number of fused-ring (bicyclic) bond motifs is 1. The number of benzene rings is 1. The molecule has 0 aliphatic carbocycles. The van der Waals surface area contributed by atoms with E-state index in [-0.39, 0.29) is 18.1 Å². The number of ketones is 1. The van der Waals surface area contributed by atoms with Gasteiger partial charge < -0.3 is 9.88 Å². The minimum Gasteiger partial charge on any atom is -0.335 e. The Morgan fingerprint density at radius 2 is 1.97 bits per heavy atom. The van der Waals surface area contributed by atoms with Gasteiger partial charge in [0.05, 0.1) is 23.9 Å². The molecule has 3 heterocycles. The highest BCUT2D eigenvalue weighted by Gasteiger charge is 2.17. The minimum absolute atomic E-state index is 0.166. The lowest BCUT2D eigenvalue weighted by molar-refractivity contribution is -0.115. The second-order valence-corrected chi connectivity index (χ2v) is 6.92. The zero-order chi connectivity index (χ0) is 20.4. The van der Waals surface area contributed by atoms with Crippen LogP contribution in [-0.2, 0) is 18.3 Å². The minimum atomic E-state index is -0.201. The number of nitrogens with zero attached hydrogens (tertiary/aromatic N) is 4. The third kappa shape index (κ3) is 3.89. The Labute approximate surface area is 167 Å². The molecule has 0 unspecified atom stereocenters. The molecular weight excluding hydrogens is 366 g/mol. The lowest BCUT2D eigenvalue weighted by Crippen LogP contribution is -2.15. The standard InChI is InChI=1S/C22H19N5O2/c1-14-4-3-5-15(6-14)7-20(28)26-17-8-16(9-23-10-17)21(29)19-12-27(2)22-18(19)11-24-13-25-22/h3-6,8-13H,7H2,1-2H3,(H,26,28). The van der Waals surface area contributed by atoms with Crippen LogP contribution in [0.1, 0.15) is 27.0 Å². The molecule has 4 rings (SSSR count). The molecule has 1 N–H and O–H groups in total. The summed E-state index contributed by atoms with van der Waals surface area (Å²) in [7, 11) is 1.83. The summed E-state index contributed by atoms with van der Waals surface area (Å²) in [6, 6.07) is 9.42. The maximum Gasteiger partial charge on any atom is 0.228 e. The largest absolute Gasteiger partial charge is 0.335 e. The Bertz CT molecular complexity index is 1230. The summed E-state index contributed by atoms with van der Waals surface area (Å²) >= 11 is 0. The number of carbonyl (C=O) groups excluding carboxylic acids is 2. The molecule has 0 saturated heterocycles. The first-order valence-corrected chi connectivity index (χ1v) is 9.11. The maximum absolute atomic E-state index is 13.0. The summed E-state index contributed by atoms with van der Waals surface area (Å²) in [5.74, 6) is -0.367. The normalized spacial score (nSPS) is 10.8. The van der Waals surface area contributed by atoms with Gasteiger partial charge in [0.25, 0.3) is 0 Å². The van der Waals surface area contributed by atoms with Crippen LogP contribution in [0.15, 0.2) is 61.4 Å². The molecular formula is C22H19N5O2. The monoisotopic (exact) mass is 385 g/mol. The number of rotatable bonds is 5. The van der Waals surface area contributed by atoms with Crippen molar-refractivity contribution in [3.63, 3.8) is 0 Å². The van der Waals surface area contributed by atoms with Gasteiger partial charge in [-0.1, -0.05) is 29.8 Å². The zero-order valence-electron chi connectivity index (χ0n) is 16.1. The molecule has 0 aliphatic rings. The van der Waals surface area contributed by atoms with Gasteiger partial charge in [0.1, 0.15) is 12.0 Å². The van der Waals surface area contributed by atoms with Crippen LogP contribution in [0.25, 0.3) is 11.0 Å². The Hall–Kier alpha value is -3.87. The molecule has 7 heteroatoms. The number of hydrogen-bond acceptors (Lipinski definition) is 5. The summed E-state index contributed by atoms with van der Waals surface area (Å²) < 4.78 is 1.78. The highest BCUT2D eigenvalue weighted by atomic mass is 16.1. The van der Waals surface area contributed by atoms with Crippen molar-refractivity contribution >= 4 is 28.4 Å². The van der Waals surface area contributed by atoms with Crippen LogP contribution in [0.2, 0.25) is 0 Å². The molecule has 1 aromatic carbocycles. The predicted octanol–water partition coefficient (Wildman–Crippen LogP) is 3.08. The van der Waals surface area contributed by atoms with Crippen molar-refractivity contribution in [2.45, 2.75) is 13.3 Å². The quantitative estimate of drug-likeness (QED) is 0.533. The third-order valence-corrected chi connectivity index (χ3v) is 4.61. The van der Waals surface area contributed by atoms with Gasteiger partial charge in [-0.3, -0.25) is 14.6 Å². The van der Waals surface area contributed by atoms with Crippen molar-refractivity contribution in [2.75, 3.05) is 5.32 Å². The van der Waals surface area contributed by atoms with Crippen molar-refractivity contribution in [1.29, 1.82) is 0 Å². The van der Waals surface area contributed by atoms with Gasteiger partial charge in [-0.25, -0.2) is 9.97 Å². The van der Waals surface area contributed by atoms with Crippen LogP contribution in [0.3, 0.4) is 0 Å². The Balaban J connectivity index is 1.55. The summed E-state index contributed by atoms with van der Waals surface area (Å²) in [5, 5.41) is 3.49. The molecule has 3 aromatic heterocycles. The molecule has 144 valence electrons. The fourth-order valence-corrected chi connectivity index (χ4v) is 3.30. The Kier molecular flexibility index (Phi) is 4.87. The Morgan fingerprint density at radius 3 is 2.79 bits per heavy atom. The van der Waals surface area contributed by atoms with E-state index >= 15 is 0 Å². The van der Waals surface area contributed by atoms with Crippen LogP contribution in [0.5, 0.6) is 0 Å². The van der Waals surface area contributed by atoms with Crippen molar-refractivity contribution in [3.05, 3.63) is 83.7 Å². The maximum atomic E-state index is 13.0. The Morgan fingerprint density at radius 1 is 1.10 bits per heavy atom. The molecule has 0 bridgehead atoms. The predicted molar refractivity (Wildman–Crippen MR) is 110 cm³/mol. The number of aromatic nitrogens is 4. The number of nitrogens with one attached hydrogen (secondary N) is 1. The van der Waals surface area contributed by atoms with Gasteiger partial charge in [0, 0.05) is 36.6 Å². The van der Waals surface area contributed by atoms with Gasteiger partial charge in [-0.05, 0) is 18.6 Å². The molecule has 0 fully saturated rings. The molecule has 4 aromatic rings. The van der Waals surface area contributed by atoms with E-state index in [9.17, 15) is 9.59 Å². The highest BCUT2D eigenvalue weighted by Crippen LogP contribution is 2.21. The molecule has 0 radical (unpaired) electrons. The number of hydrogen-bond donors (Lipinski definition) is 1. The van der Waals surface area contributed by atoms with E-state index in [0.717, 1.165) is 11.1 Å². The molecule has 0 aliphatic heterocycles. The van der Waals surface area contributed by atoms with Gasteiger partial charge in [0.15, 0.2) is 5.78 Å². The van der Waals surface area contributed by atoms with E-state index in [0.29, 0.717) is 27.8 Å². The first kappa shape index (κ1) is 18.5. The summed E-state index contributed by atoms with van der Waals surface area (Å²) in [4.78, 5) is 37.7. The van der Waals surface area contributed by atoms with Gasteiger partial charge in [-0.15, -0.1) is 0 Å². The number of anilines is 1. The lowest BCUT2D eigenvalue weighted by Gasteiger charge is -2.07. The highest BCUT2D eigenvalue weighted by molar-refractivity contribution is 6.16. The fraction of sp³-hybridized carbons (Fsp3) is 0.136. The zero-order valence-corrected chi connectivity index (χ0v) is 16.1. The van der Waals surface area contributed by atoms with Crippen LogP contribution >= 0.6 is 0 Å². The van der Waals surface area contributed by atoms with Crippen LogP contribution in [0.4, 0.5) is 5.69 Å². The first-order valence-electron chi connectivity index (χ1n) is 9.11. The van der Waals surface area contributed by atoms with Crippen LogP contribution in [0, 0.1) is 6.92 Å². The average Bonchev–Trinajstić information content (AvgIpc) is 3.04. The summed E-state index contributed by atoms with van der Waals surface area (Å²) in [6.07, 6.45) is 8.06. The average molecular weight is 385 g/mol. The van der Waals surface area contributed by atoms with Gasteiger partial charge in [-0.2, -0.15) is 0 Å². The van der Waals surface area contributed by atoms with E-state index in [2.05, 4.69) is 20.3 Å². The second kappa shape index (κ2) is 7.63. The van der Waals surface area contributed by atoms with E-state index in [1.807, 2.05) is 38.2 Å².